The summed E-state index contributed by atoms with van der Waals surface area (Å²) >= 11 is 5.44. The molecule has 1 saturated carbocycles. The van der Waals surface area contributed by atoms with Gasteiger partial charge in [0.2, 0.25) is 5.92 Å². The van der Waals surface area contributed by atoms with Crippen LogP contribution in [0.15, 0.2) is 43.0 Å². The summed E-state index contributed by atoms with van der Waals surface area (Å²) in [6.07, 6.45) is -2.47. The predicted octanol–water partition coefficient (Wildman–Crippen LogP) is 4.85. The SMILES string of the molecule is C[C@@](C(=O)NC1CCC(F)(F)CC1)(c1cncnc1)N(C(=O)[C@H](F)Cl)c1ccc(OC(F)(F)F)cc1. The molecular formula is C22H21ClF6N4O3. The Morgan fingerprint density at radius 3 is 2.19 bits per heavy atom. The number of alkyl halides is 7. The van der Waals surface area contributed by atoms with E-state index in [0.717, 1.165) is 30.6 Å². The van der Waals surface area contributed by atoms with Gasteiger partial charge in [0, 0.05) is 42.5 Å². The first-order chi connectivity index (χ1) is 16.7. The van der Waals surface area contributed by atoms with Gasteiger partial charge in [-0.2, -0.15) is 0 Å². The van der Waals surface area contributed by atoms with Crippen molar-refractivity contribution >= 4 is 29.1 Å². The number of amides is 2. The van der Waals surface area contributed by atoms with E-state index in [9.17, 15) is 35.9 Å². The van der Waals surface area contributed by atoms with E-state index in [-0.39, 0.29) is 24.1 Å². The standard InChI is InChI=1S/C22H21ClF6N4O3/c1-20(13-10-30-12-31-11-13,19(35)32-14-6-8-21(25,26)9-7-14)33(18(34)17(23)24)15-2-4-16(5-3-15)36-22(27,28)29/h2-5,10-12,14,17H,6-9H2,1H3,(H,32,35)/t17-,20-/m0/s1. The summed E-state index contributed by atoms with van der Waals surface area (Å²) in [6.45, 7) is 1.23. The molecular weight excluding hydrogens is 518 g/mol. The van der Waals surface area contributed by atoms with Crippen LogP contribution in [0.3, 0.4) is 0 Å². The van der Waals surface area contributed by atoms with Gasteiger partial charge in [0.05, 0.1) is 0 Å². The summed E-state index contributed by atoms with van der Waals surface area (Å²) in [5.41, 5.74) is -4.91. The van der Waals surface area contributed by atoms with Gasteiger partial charge in [0.15, 0.2) is 5.54 Å². The Morgan fingerprint density at radius 1 is 1.14 bits per heavy atom. The number of carbonyl (C=O) groups excluding carboxylic acids is 2. The zero-order chi connectivity index (χ0) is 26.7. The molecule has 36 heavy (non-hydrogen) atoms. The van der Waals surface area contributed by atoms with E-state index in [4.69, 9.17) is 11.6 Å². The maximum absolute atomic E-state index is 14.1. The molecule has 1 aromatic carbocycles. The van der Waals surface area contributed by atoms with Crippen molar-refractivity contribution in [3.05, 3.63) is 48.5 Å². The number of nitrogens with one attached hydrogen (secondary N) is 1. The first-order valence-electron chi connectivity index (χ1n) is 10.7. The normalized spacial score (nSPS) is 18.6. The molecule has 7 nitrogen and oxygen atoms in total. The molecule has 0 radical (unpaired) electrons. The number of anilines is 1. The van der Waals surface area contributed by atoms with Gasteiger partial charge < -0.3 is 10.1 Å². The number of aromatic nitrogens is 2. The fraction of sp³-hybridized carbons (Fsp3) is 0.455. The topological polar surface area (TPSA) is 84.4 Å². The molecule has 0 saturated heterocycles. The van der Waals surface area contributed by atoms with Gasteiger partial charge in [0.1, 0.15) is 12.1 Å². The maximum Gasteiger partial charge on any atom is 0.573 e. The van der Waals surface area contributed by atoms with Crippen LogP contribution in [0.2, 0.25) is 0 Å². The summed E-state index contributed by atoms with van der Waals surface area (Å²) in [5, 5.41) is 2.62. The van der Waals surface area contributed by atoms with Crippen LogP contribution >= 0.6 is 11.6 Å². The first kappa shape index (κ1) is 27.5. The Morgan fingerprint density at radius 2 is 1.69 bits per heavy atom. The van der Waals surface area contributed by atoms with Crippen molar-refractivity contribution in [3.63, 3.8) is 0 Å². The van der Waals surface area contributed by atoms with Gasteiger partial charge in [-0.3, -0.25) is 14.5 Å². The molecule has 1 heterocycles. The lowest BCUT2D eigenvalue weighted by atomic mass is 9.87. The van der Waals surface area contributed by atoms with E-state index < -0.39 is 59.9 Å². The van der Waals surface area contributed by atoms with Crippen molar-refractivity contribution in [3.8, 4) is 5.75 Å². The quantitative estimate of drug-likeness (QED) is 0.402. The van der Waals surface area contributed by atoms with E-state index in [0.29, 0.717) is 4.90 Å². The van der Waals surface area contributed by atoms with E-state index in [1.54, 1.807) is 0 Å². The maximum atomic E-state index is 14.1. The average molecular weight is 539 g/mol. The fourth-order valence-corrected chi connectivity index (χ4v) is 4.02. The highest BCUT2D eigenvalue weighted by Crippen LogP contribution is 2.38. The highest BCUT2D eigenvalue weighted by Gasteiger charge is 2.48. The summed E-state index contributed by atoms with van der Waals surface area (Å²) in [4.78, 5) is 34.9. The smallest absolute Gasteiger partial charge is 0.406 e. The van der Waals surface area contributed by atoms with Gasteiger partial charge in [-0.05, 0) is 44.0 Å². The molecule has 1 aromatic heterocycles. The predicted molar refractivity (Wildman–Crippen MR) is 116 cm³/mol. The molecule has 0 aliphatic heterocycles. The summed E-state index contributed by atoms with van der Waals surface area (Å²) in [6, 6.07) is 3.09. The number of carbonyl (C=O) groups is 2. The molecule has 0 bridgehead atoms. The van der Waals surface area contributed by atoms with Crippen molar-refractivity contribution in [2.24, 2.45) is 0 Å². The van der Waals surface area contributed by atoms with E-state index in [1.165, 1.54) is 19.3 Å². The number of rotatable bonds is 7. The molecule has 1 N–H and O–H groups in total. The Kier molecular flexibility index (Phi) is 8.01. The van der Waals surface area contributed by atoms with Crippen molar-refractivity contribution in [1.29, 1.82) is 0 Å². The molecule has 1 fully saturated rings. The summed E-state index contributed by atoms with van der Waals surface area (Å²) in [7, 11) is 0. The molecule has 2 amide bonds. The minimum atomic E-state index is -4.98. The largest absolute Gasteiger partial charge is 0.573 e. The second-order valence-electron chi connectivity index (χ2n) is 8.32. The van der Waals surface area contributed by atoms with Crippen LogP contribution < -0.4 is 15.0 Å². The second kappa shape index (κ2) is 10.5. The Hall–Kier alpha value is -3.09. The Balaban J connectivity index is 2.04. The zero-order valence-electron chi connectivity index (χ0n) is 18.7. The second-order valence-corrected chi connectivity index (χ2v) is 8.70. The number of ether oxygens (including phenoxy) is 1. The van der Waals surface area contributed by atoms with E-state index >= 15 is 0 Å². The van der Waals surface area contributed by atoms with Crippen molar-refractivity contribution in [1.82, 2.24) is 15.3 Å². The van der Waals surface area contributed by atoms with Gasteiger partial charge >= 0.3 is 6.36 Å². The van der Waals surface area contributed by atoms with Crippen LogP contribution in [-0.2, 0) is 15.1 Å². The van der Waals surface area contributed by atoms with E-state index in [2.05, 4.69) is 20.0 Å². The molecule has 14 heteroatoms. The minimum Gasteiger partial charge on any atom is -0.406 e. The lowest BCUT2D eigenvalue weighted by Crippen LogP contribution is -2.60. The molecule has 1 aliphatic rings. The van der Waals surface area contributed by atoms with Gasteiger partial charge in [-0.1, -0.05) is 11.6 Å². The highest BCUT2D eigenvalue weighted by molar-refractivity contribution is 6.32. The third-order valence-electron chi connectivity index (χ3n) is 5.80. The average Bonchev–Trinajstić information content (AvgIpc) is 2.81. The minimum absolute atomic E-state index is 0.00456. The summed E-state index contributed by atoms with van der Waals surface area (Å²) < 4.78 is 82.8. The van der Waals surface area contributed by atoms with E-state index in [1.807, 2.05) is 0 Å². The number of benzene rings is 1. The first-order valence-corrected chi connectivity index (χ1v) is 11.1. The van der Waals surface area contributed by atoms with Gasteiger partial charge in [-0.25, -0.2) is 23.1 Å². The number of halogens is 7. The molecule has 3 rings (SSSR count). The molecule has 196 valence electrons. The molecule has 1 aliphatic carbocycles. The lowest BCUT2D eigenvalue weighted by Gasteiger charge is -2.41. The molecule has 2 aromatic rings. The number of hydrogen-bond donors (Lipinski definition) is 1. The number of hydrogen-bond acceptors (Lipinski definition) is 5. The van der Waals surface area contributed by atoms with Crippen molar-refractivity contribution in [2.75, 3.05) is 4.90 Å². The van der Waals surface area contributed by atoms with Crippen LogP contribution in [0.4, 0.5) is 32.0 Å². The third-order valence-corrected chi connectivity index (χ3v) is 5.99. The summed E-state index contributed by atoms with van der Waals surface area (Å²) in [5.74, 6) is -5.77. The van der Waals surface area contributed by atoms with Crippen LogP contribution in [-0.4, -0.2) is 45.7 Å². The lowest BCUT2D eigenvalue weighted by molar-refractivity contribution is -0.274. The fourth-order valence-electron chi connectivity index (χ4n) is 3.92. The molecule has 0 unspecified atom stereocenters. The number of nitrogens with zero attached hydrogens (tertiary/aromatic N) is 3. The highest BCUT2D eigenvalue weighted by atomic mass is 35.5. The van der Waals surface area contributed by atoms with Crippen molar-refractivity contribution in [2.45, 2.75) is 62.1 Å². The monoisotopic (exact) mass is 538 g/mol. The van der Waals surface area contributed by atoms with Gasteiger partial charge in [-0.15, -0.1) is 13.2 Å². The zero-order valence-corrected chi connectivity index (χ0v) is 19.5. The third kappa shape index (κ3) is 6.37. The van der Waals surface area contributed by atoms with Crippen LogP contribution in [0, 0.1) is 0 Å². The van der Waals surface area contributed by atoms with Crippen molar-refractivity contribution < 1.29 is 40.7 Å². The van der Waals surface area contributed by atoms with Crippen LogP contribution in [0.1, 0.15) is 38.2 Å². The Bertz CT molecular complexity index is 1060. The molecule has 2 atom stereocenters. The molecule has 0 spiro atoms. The van der Waals surface area contributed by atoms with Crippen LogP contribution in [0.5, 0.6) is 5.75 Å². The van der Waals surface area contributed by atoms with Crippen LogP contribution in [0.25, 0.3) is 0 Å². The Labute approximate surface area is 206 Å². The van der Waals surface area contributed by atoms with Gasteiger partial charge in [0.25, 0.3) is 17.4 Å².